The van der Waals surface area contributed by atoms with Gasteiger partial charge in [-0.15, -0.1) is 0 Å². The Balaban J connectivity index is 1.55. The van der Waals surface area contributed by atoms with E-state index in [1.165, 1.54) is 24.3 Å². The quantitative estimate of drug-likeness (QED) is 0.843. The smallest absolute Gasteiger partial charge is 0.233 e. The zero-order valence-corrected chi connectivity index (χ0v) is 14.2. The van der Waals surface area contributed by atoms with Crippen molar-refractivity contribution >= 4 is 5.90 Å². The minimum absolute atomic E-state index is 0.171. The first kappa shape index (κ1) is 17.0. The molecule has 0 amide bonds. The lowest BCUT2D eigenvalue weighted by atomic mass is 10.1. The molecule has 27 heavy (non-hydrogen) atoms. The first-order valence-electron chi connectivity index (χ1n) is 8.39. The second-order valence-electron chi connectivity index (χ2n) is 6.19. The third-order valence-corrected chi connectivity index (χ3v) is 4.43. The molecule has 0 aromatic heterocycles. The Morgan fingerprint density at radius 1 is 0.963 bits per heavy atom. The highest BCUT2D eigenvalue weighted by molar-refractivity contribution is 5.98. The van der Waals surface area contributed by atoms with Crippen molar-refractivity contribution in [1.29, 1.82) is 5.26 Å². The molecule has 2 aliphatic rings. The van der Waals surface area contributed by atoms with Gasteiger partial charge in [-0.2, -0.15) is 5.26 Å². The average Bonchev–Trinajstić information content (AvgIpc) is 3.34. The molecule has 7 heteroatoms. The van der Waals surface area contributed by atoms with Crippen LogP contribution in [0.2, 0.25) is 0 Å². The molecule has 0 bridgehead atoms. The van der Waals surface area contributed by atoms with Crippen LogP contribution in [0.5, 0.6) is 0 Å². The van der Waals surface area contributed by atoms with Gasteiger partial charge < -0.3 is 14.8 Å². The monoisotopic (exact) mass is 367 g/mol. The number of nitrogens with zero attached hydrogens (tertiary/aromatic N) is 2. The maximum absolute atomic E-state index is 13.1. The standard InChI is InChI=1S/C20H15F2N3O2/c21-14-5-1-12(2-6-14)17-10-26-19(24-17)16(9-23)20-25-18(11-27-20)13-3-7-15(22)8-4-13/h1-8,17-18,24H,10-11H2/b19-16+/t17-,18-/m1/s1. The fraction of sp³-hybridized carbons (Fsp3) is 0.200. The van der Waals surface area contributed by atoms with Gasteiger partial charge in [0.1, 0.15) is 37.0 Å². The van der Waals surface area contributed by atoms with Gasteiger partial charge in [-0.1, -0.05) is 24.3 Å². The molecule has 0 radical (unpaired) electrons. The molecule has 136 valence electrons. The fourth-order valence-electron chi connectivity index (χ4n) is 2.99. The maximum Gasteiger partial charge on any atom is 0.233 e. The predicted octanol–water partition coefficient (Wildman–Crippen LogP) is 3.53. The molecule has 2 atom stereocenters. The molecule has 4 rings (SSSR count). The van der Waals surface area contributed by atoms with Crippen LogP contribution in [0.1, 0.15) is 23.2 Å². The van der Waals surface area contributed by atoms with Crippen molar-refractivity contribution in [3.05, 3.63) is 82.7 Å². The number of rotatable bonds is 3. The van der Waals surface area contributed by atoms with Crippen molar-refractivity contribution in [3.8, 4) is 6.07 Å². The molecule has 2 aromatic rings. The number of benzene rings is 2. The van der Waals surface area contributed by atoms with E-state index in [0.717, 1.165) is 11.1 Å². The summed E-state index contributed by atoms with van der Waals surface area (Å²) in [5, 5.41) is 12.7. The number of ether oxygens (including phenoxy) is 2. The van der Waals surface area contributed by atoms with Gasteiger partial charge in [0.2, 0.25) is 11.8 Å². The van der Waals surface area contributed by atoms with Crippen LogP contribution in [0.3, 0.4) is 0 Å². The van der Waals surface area contributed by atoms with E-state index in [9.17, 15) is 14.0 Å². The summed E-state index contributed by atoms with van der Waals surface area (Å²) in [5.41, 5.74) is 1.82. The lowest BCUT2D eigenvalue weighted by Crippen LogP contribution is -2.17. The van der Waals surface area contributed by atoms with Crippen molar-refractivity contribution in [2.24, 2.45) is 4.99 Å². The van der Waals surface area contributed by atoms with E-state index >= 15 is 0 Å². The largest absolute Gasteiger partial charge is 0.476 e. The summed E-state index contributed by atoms with van der Waals surface area (Å²) in [4.78, 5) is 4.44. The van der Waals surface area contributed by atoms with Crippen molar-refractivity contribution < 1.29 is 18.3 Å². The van der Waals surface area contributed by atoms with Crippen LogP contribution in [0.25, 0.3) is 0 Å². The van der Waals surface area contributed by atoms with Gasteiger partial charge >= 0.3 is 0 Å². The molecule has 0 aliphatic carbocycles. The SMILES string of the molecule is N#C/C(C1=N[C@@H](c2ccc(F)cc2)CO1)=C1/N[C@@H](c2ccc(F)cc2)CO1. The average molecular weight is 367 g/mol. The van der Waals surface area contributed by atoms with Crippen LogP contribution < -0.4 is 5.32 Å². The predicted molar refractivity (Wildman–Crippen MR) is 93.4 cm³/mol. The van der Waals surface area contributed by atoms with E-state index < -0.39 is 0 Å². The zero-order chi connectivity index (χ0) is 18.8. The third kappa shape index (κ3) is 3.47. The van der Waals surface area contributed by atoms with Crippen LogP contribution >= 0.6 is 0 Å². The molecule has 5 nitrogen and oxygen atoms in total. The Hall–Kier alpha value is -3.40. The van der Waals surface area contributed by atoms with Crippen LogP contribution in [-0.2, 0) is 9.47 Å². The zero-order valence-electron chi connectivity index (χ0n) is 14.2. The second kappa shape index (κ2) is 7.08. The van der Waals surface area contributed by atoms with E-state index in [1.54, 1.807) is 24.3 Å². The highest BCUT2D eigenvalue weighted by atomic mass is 19.1. The van der Waals surface area contributed by atoms with Crippen molar-refractivity contribution in [2.45, 2.75) is 12.1 Å². The molecule has 0 spiro atoms. The van der Waals surface area contributed by atoms with E-state index in [-0.39, 0.29) is 47.7 Å². The summed E-state index contributed by atoms with van der Waals surface area (Å²) in [6.45, 7) is 0.571. The van der Waals surface area contributed by atoms with Gasteiger partial charge in [0.25, 0.3) is 0 Å². The molecular formula is C20H15F2N3O2. The van der Waals surface area contributed by atoms with Gasteiger partial charge in [0, 0.05) is 0 Å². The molecule has 0 saturated carbocycles. The van der Waals surface area contributed by atoms with Crippen LogP contribution in [0.15, 0.2) is 65.0 Å². The van der Waals surface area contributed by atoms with Crippen molar-refractivity contribution in [3.63, 3.8) is 0 Å². The summed E-state index contributed by atoms with van der Waals surface area (Å²) in [6.07, 6.45) is 0. The highest BCUT2D eigenvalue weighted by Gasteiger charge is 2.30. The number of hydrogen-bond donors (Lipinski definition) is 1. The molecule has 1 fully saturated rings. The topological polar surface area (TPSA) is 66.6 Å². The lowest BCUT2D eigenvalue weighted by molar-refractivity contribution is 0.251. The highest BCUT2D eigenvalue weighted by Crippen LogP contribution is 2.28. The summed E-state index contributed by atoms with van der Waals surface area (Å²) in [5.74, 6) is -0.164. The number of nitriles is 1. The van der Waals surface area contributed by atoms with Crippen LogP contribution in [0.4, 0.5) is 8.78 Å². The first-order valence-corrected chi connectivity index (χ1v) is 8.39. The molecule has 1 N–H and O–H groups in total. The Morgan fingerprint density at radius 2 is 1.59 bits per heavy atom. The van der Waals surface area contributed by atoms with Gasteiger partial charge in [-0.25, -0.2) is 13.8 Å². The second-order valence-corrected chi connectivity index (χ2v) is 6.19. The van der Waals surface area contributed by atoms with Crippen LogP contribution in [0, 0.1) is 23.0 Å². The van der Waals surface area contributed by atoms with E-state index in [0.29, 0.717) is 6.61 Å². The Morgan fingerprint density at radius 3 is 2.22 bits per heavy atom. The Bertz CT molecular complexity index is 947. The summed E-state index contributed by atoms with van der Waals surface area (Å²) >= 11 is 0. The number of aliphatic imine (C=N–C) groups is 1. The van der Waals surface area contributed by atoms with E-state index in [2.05, 4.69) is 16.4 Å². The summed E-state index contributed by atoms with van der Waals surface area (Å²) < 4.78 is 37.3. The van der Waals surface area contributed by atoms with Gasteiger partial charge in [-0.3, -0.25) is 0 Å². The first-order chi connectivity index (χ1) is 13.1. The van der Waals surface area contributed by atoms with E-state index in [4.69, 9.17) is 9.47 Å². The number of hydrogen-bond acceptors (Lipinski definition) is 5. The molecule has 1 saturated heterocycles. The maximum atomic E-state index is 13.1. The minimum Gasteiger partial charge on any atom is -0.476 e. The molecule has 2 aromatic carbocycles. The Kier molecular flexibility index (Phi) is 4.47. The van der Waals surface area contributed by atoms with Crippen LogP contribution in [-0.4, -0.2) is 19.1 Å². The summed E-state index contributed by atoms with van der Waals surface area (Å²) in [6, 6.07) is 13.7. The minimum atomic E-state index is -0.322. The van der Waals surface area contributed by atoms with Gasteiger partial charge in [0.15, 0.2) is 5.57 Å². The fourth-order valence-corrected chi connectivity index (χ4v) is 2.99. The van der Waals surface area contributed by atoms with Gasteiger partial charge in [0.05, 0.1) is 6.04 Å². The number of halogens is 2. The third-order valence-electron chi connectivity index (χ3n) is 4.43. The molecule has 0 unspecified atom stereocenters. The Labute approximate surface area is 154 Å². The molecule has 2 aliphatic heterocycles. The lowest BCUT2D eigenvalue weighted by Gasteiger charge is -2.08. The molecular weight excluding hydrogens is 352 g/mol. The van der Waals surface area contributed by atoms with Gasteiger partial charge in [-0.05, 0) is 35.4 Å². The van der Waals surface area contributed by atoms with Crippen molar-refractivity contribution in [2.75, 3.05) is 13.2 Å². The van der Waals surface area contributed by atoms with E-state index in [1.807, 2.05) is 0 Å². The molecule has 2 heterocycles. The summed E-state index contributed by atoms with van der Waals surface area (Å²) in [7, 11) is 0. The van der Waals surface area contributed by atoms with Crippen molar-refractivity contribution in [1.82, 2.24) is 5.32 Å². The number of nitrogens with one attached hydrogen (secondary N) is 1. The normalized spacial score (nSPS) is 22.9.